The Kier molecular flexibility index (Phi) is 7.53. The van der Waals surface area contributed by atoms with Crippen LogP contribution < -0.4 is 4.90 Å². The summed E-state index contributed by atoms with van der Waals surface area (Å²) in [7, 11) is 0. The van der Waals surface area contributed by atoms with Crippen molar-refractivity contribution in [1.29, 1.82) is 0 Å². The van der Waals surface area contributed by atoms with Crippen LogP contribution in [0.25, 0.3) is 87.6 Å². The number of para-hydroxylation sites is 2. The minimum absolute atomic E-state index is 0.884. The molecule has 0 radical (unpaired) electrons. The topological polar surface area (TPSA) is 16.4 Å². The van der Waals surface area contributed by atoms with Gasteiger partial charge < -0.3 is 9.32 Å². The Morgan fingerprint density at radius 2 is 0.875 bits per heavy atom. The predicted molar refractivity (Wildman–Crippen MR) is 237 cm³/mol. The molecule has 0 aliphatic rings. The molecule has 0 saturated carbocycles. The van der Waals surface area contributed by atoms with Crippen LogP contribution in [0.4, 0.5) is 17.1 Å². The lowest BCUT2D eigenvalue weighted by atomic mass is 9.92. The zero-order valence-electron chi connectivity index (χ0n) is 30.6. The van der Waals surface area contributed by atoms with Crippen molar-refractivity contribution in [3.63, 3.8) is 0 Å². The van der Waals surface area contributed by atoms with E-state index in [-0.39, 0.29) is 0 Å². The first-order chi connectivity index (χ1) is 27.8. The third-order valence-electron chi connectivity index (χ3n) is 11.2. The Hall–Kier alpha value is -7.42. The highest BCUT2D eigenvalue weighted by Crippen LogP contribution is 2.45. The van der Waals surface area contributed by atoms with Crippen molar-refractivity contribution in [2.45, 2.75) is 0 Å². The van der Waals surface area contributed by atoms with Gasteiger partial charge in [0.1, 0.15) is 11.2 Å². The molecule has 0 aliphatic carbocycles. The Labute approximate surface area is 325 Å². The van der Waals surface area contributed by atoms with Crippen molar-refractivity contribution in [2.75, 3.05) is 4.90 Å². The molecule has 0 bridgehead atoms. The monoisotopic (exact) mass is 713 g/mol. The molecular formula is C54H35NO. The van der Waals surface area contributed by atoms with Crippen LogP contribution in [0.3, 0.4) is 0 Å². The van der Waals surface area contributed by atoms with Gasteiger partial charge in [0.15, 0.2) is 0 Å². The summed E-state index contributed by atoms with van der Waals surface area (Å²) in [6.07, 6.45) is 0. The number of hydrogen-bond acceptors (Lipinski definition) is 2. The summed E-state index contributed by atoms with van der Waals surface area (Å²) in [6.45, 7) is 0. The maximum Gasteiger partial charge on any atom is 0.136 e. The Morgan fingerprint density at radius 3 is 1.70 bits per heavy atom. The molecule has 262 valence electrons. The van der Waals surface area contributed by atoms with Crippen LogP contribution in [0.1, 0.15) is 0 Å². The van der Waals surface area contributed by atoms with Crippen LogP contribution in [0, 0.1) is 0 Å². The van der Waals surface area contributed by atoms with E-state index in [0.717, 1.165) is 55.5 Å². The number of anilines is 3. The van der Waals surface area contributed by atoms with Gasteiger partial charge in [-0.1, -0.05) is 152 Å². The van der Waals surface area contributed by atoms with Crippen molar-refractivity contribution in [1.82, 2.24) is 0 Å². The maximum absolute atomic E-state index is 6.61. The van der Waals surface area contributed by atoms with E-state index in [9.17, 15) is 0 Å². The van der Waals surface area contributed by atoms with E-state index >= 15 is 0 Å². The first-order valence-electron chi connectivity index (χ1n) is 19.2. The summed E-state index contributed by atoms with van der Waals surface area (Å²) in [5.74, 6) is 0. The van der Waals surface area contributed by atoms with Gasteiger partial charge in [0.25, 0.3) is 0 Å². The molecule has 2 heteroatoms. The highest BCUT2D eigenvalue weighted by Gasteiger charge is 2.19. The average Bonchev–Trinajstić information content (AvgIpc) is 3.66. The molecular weight excluding hydrogens is 679 g/mol. The van der Waals surface area contributed by atoms with E-state index < -0.39 is 0 Å². The summed E-state index contributed by atoms with van der Waals surface area (Å²) < 4.78 is 6.61. The minimum atomic E-state index is 0.884. The Bertz CT molecular complexity index is 3230. The first kappa shape index (κ1) is 32.0. The van der Waals surface area contributed by atoms with Crippen LogP contribution in [0.15, 0.2) is 217 Å². The van der Waals surface area contributed by atoms with Crippen LogP contribution in [-0.4, -0.2) is 0 Å². The molecule has 0 amide bonds. The van der Waals surface area contributed by atoms with E-state index in [1.54, 1.807) is 0 Å². The average molecular weight is 714 g/mol. The number of fused-ring (bicyclic) bond motifs is 8. The zero-order chi connectivity index (χ0) is 37.0. The molecule has 0 spiro atoms. The number of nitrogens with zero attached hydrogens (tertiary/aromatic N) is 1. The van der Waals surface area contributed by atoms with Gasteiger partial charge in [0.05, 0.1) is 0 Å². The highest BCUT2D eigenvalue weighted by atomic mass is 16.3. The smallest absolute Gasteiger partial charge is 0.136 e. The summed E-state index contributed by atoms with van der Waals surface area (Å²) in [6, 6.07) is 76.4. The molecule has 2 nitrogen and oxygen atoms in total. The van der Waals surface area contributed by atoms with Crippen molar-refractivity contribution < 1.29 is 4.42 Å². The second-order valence-electron chi connectivity index (χ2n) is 14.5. The van der Waals surface area contributed by atoms with Gasteiger partial charge in [0, 0.05) is 27.8 Å². The lowest BCUT2D eigenvalue weighted by Gasteiger charge is -2.26. The number of rotatable bonds is 6. The minimum Gasteiger partial charge on any atom is -0.456 e. The zero-order valence-corrected chi connectivity index (χ0v) is 30.6. The molecule has 0 atom stereocenters. The van der Waals surface area contributed by atoms with E-state index in [1.807, 2.05) is 6.07 Å². The highest BCUT2D eigenvalue weighted by molar-refractivity contribution is 6.23. The fourth-order valence-corrected chi connectivity index (χ4v) is 8.61. The van der Waals surface area contributed by atoms with Crippen LogP contribution in [-0.2, 0) is 0 Å². The van der Waals surface area contributed by atoms with E-state index in [4.69, 9.17) is 4.42 Å². The second kappa shape index (κ2) is 13.2. The molecule has 56 heavy (non-hydrogen) atoms. The number of furan rings is 1. The predicted octanol–water partition coefficient (Wildman–Crippen LogP) is 15.5. The van der Waals surface area contributed by atoms with Crippen LogP contribution in [0.5, 0.6) is 0 Å². The molecule has 1 heterocycles. The van der Waals surface area contributed by atoms with E-state index in [0.29, 0.717) is 0 Å². The molecule has 0 fully saturated rings. The molecule has 0 saturated heterocycles. The second-order valence-corrected chi connectivity index (χ2v) is 14.5. The lowest BCUT2D eigenvalue weighted by Crippen LogP contribution is -2.09. The van der Waals surface area contributed by atoms with Gasteiger partial charge in [-0.2, -0.15) is 0 Å². The van der Waals surface area contributed by atoms with Crippen LogP contribution >= 0.6 is 0 Å². The molecule has 0 N–H and O–H groups in total. The maximum atomic E-state index is 6.61. The fourth-order valence-electron chi connectivity index (χ4n) is 8.61. The van der Waals surface area contributed by atoms with Crippen LogP contribution in [0.2, 0.25) is 0 Å². The van der Waals surface area contributed by atoms with Gasteiger partial charge in [-0.3, -0.25) is 0 Å². The van der Waals surface area contributed by atoms with Crippen molar-refractivity contribution in [3.8, 4) is 33.4 Å². The van der Waals surface area contributed by atoms with Crippen molar-refractivity contribution in [2.24, 2.45) is 0 Å². The van der Waals surface area contributed by atoms with Gasteiger partial charge >= 0.3 is 0 Å². The largest absolute Gasteiger partial charge is 0.456 e. The lowest BCUT2D eigenvalue weighted by molar-refractivity contribution is 0.669. The third-order valence-corrected chi connectivity index (χ3v) is 11.2. The SMILES string of the molecule is c1ccc(-c2cccc(-c3cc4oc5ccccc5c4c4cc(N(c5ccccc5)c5ccc(-c6cc7ccccc7c7ccccc67)cc5)ccc34)c2)cc1. The normalized spacial score (nSPS) is 11.6. The fraction of sp³-hybridized carbons (Fsp3) is 0. The van der Waals surface area contributed by atoms with Gasteiger partial charge in [-0.25, -0.2) is 0 Å². The van der Waals surface area contributed by atoms with Crippen molar-refractivity contribution >= 4 is 71.3 Å². The quantitative estimate of drug-likeness (QED) is 0.160. The summed E-state index contributed by atoms with van der Waals surface area (Å²) in [5.41, 5.74) is 12.1. The van der Waals surface area contributed by atoms with Gasteiger partial charge in [0.2, 0.25) is 0 Å². The van der Waals surface area contributed by atoms with Crippen molar-refractivity contribution in [3.05, 3.63) is 212 Å². The Balaban J connectivity index is 1.10. The molecule has 11 rings (SSSR count). The summed E-state index contributed by atoms with van der Waals surface area (Å²) in [5, 5.41) is 9.65. The summed E-state index contributed by atoms with van der Waals surface area (Å²) >= 11 is 0. The molecule has 0 aliphatic heterocycles. The molecule has 0 unspecified atom stereocenters. The molecule has 11 aromatic rings. The van der Waals surface area contributed by atoms with Gasteiger partial charge in [-0.05, 0) is 126 Å². The van der Waals surface area contributed by atoms with E-state index in [1.165, 1.54) is 49.2 Å². The number of hydrogen-bond donors (Lipinski definition) is 0. The Morgan fingerprint density at radius 1 is 0.286 bits per heavy atom. The number of benzene rings is 10. The summed E-state index contributed by atoms with van der Waals surface area (Å²) in [4.78, 5) is 2.36. The third kappa shape index (κ3) is 5.34. The standard InChI is InChI=1S/C54H35NO/c1-3-14-36(15-4-1)38-17-13-18-39(32-38)50-35-53-54(48-24-11-12-25-52(48)56-53)51-34-43(30-31-47(50)51)55(41-19-5-2-6-20-41)42-28-26-37(27-29-42)49-33-40-16-7-8-21-44(40)45-22-9-10-23-46(45)49/h1-35H. The molecule has 1 aromatic heterocycles. The van der Waals surface area contributed by atoms with Gasteiger partial charge in [-0.15, -0.1) is 0 Å². The first-order valence-corrected chi connectivity index (χ1v) is 19.2. The molecule has 10 aromatic carbocycles. The van der Waals surface area contributed by atoms with E-state index in [2.05, 4.69) is 211 Å².